The molecule has 2 aromatic carbocycles. The van der Waals surface area contributed by atoms with Crippen LogP contribution in [0.3, 0.4) is 0 Å². The maximum absolute atomic E-state index is 13.5. The van der Waals surface area contributed by atoms with Crippen LogP contribution in [0.15, 0.2) is 60.7 Å². The largest absolute Gasteiger partial charge is 0.444 e. The Morgan fingerprint density at radius 2 is 1.63 bits per heavy atom. The molecular weight excluding hydrogens is 484 g/mol. The minimum Gasteiger partial charge on any atom is -0.444 e. The van der Waals surface area contributed by atoms with Gasteiger partial charge in [-0.1, -0.05) is 60.7 Å². The van der Waals surface area contributed by atoms with Gasteiger partial charge in [-0.2, -0.15) is 0 Å². The zero-order chi connectivity index (χ0) is 27.3. The SMILES string of the molecule is CC(C)(C)OC(=O)NC(Cc1ccccc1)C(=O)N[C@@H]1CCCN2C(=O)N(Cc3ccccc3)C(=O)C[C@H]12. The Hall–Kier alpha value is -3.88. The molecule has 3 atom stereocenters. The van der Waals surface area contributed by atoms with Gasteiger partial charge in [0.25, 0.3) is 0 Å². The van der Waals surface area contributed by atoms with Gasteiger partial charge in [0.1, 0.15) is 11.6 Å². The average Bonchev–Trinajstić information content (AvgIpc) is 2.87. The van der Waals surface area contributed by atoms with Crippen molar-refractivity contribution in [2.75, 3.05) is 6.54 Å². The molecule has 9 heteroatoms. The first-order valence-corrected chi connectivity index (χ1v) is 13.1. The van der Waals surface area contributed by atoms with E-state index in [9.17, 15) is 19.2 Å². The minimum atomic E-state index is -0.882. The summed E-state index contributed by atoms with van der Waals surface area (Å²) in [5.41, 5.74) is 1.05. The van der Waals surface area contributed by atoms with Crippen molar-refractivity contribution in [1.82, 2.24) is 20.4 Å². The molecule has 2 N–H and O–H groups in total. The summed E-state index contributed by atoms with van der Waals surface area (Å²) >= 11 is 0. The molecule has 0 aromatic heterocycles. The highest BCUT2D eigenvalue weighted by Gasteiger charge is 2.44. The van der Waals surface area contributed by atoms with Gasteiger partial charge in [0.2, 0.25) is 11.8 Å². The first-order valence-electron chi connectivity index (χ1n) is 13.1. The number of piperidine rings is 1. The molecule has 1 unspecified atom stereocenters. The Morgan fingerprint density at radius 1 is 1.00 bits per heavy atom. The fraction of sp³-hybridized carbons (Fsp3) is 0.448. The number of rotatable bonds is 7. The summed E-state index contributed by atoms with van der Waals surface area (Å²) in [5, 5.41) is 5.74. The number of benzene rings is 2. The molecule has 0 spiro atoms. The van der Waals surface area contributed by atoms with Gasteiger partial charge in [-0.3, -0.25) is 14.5 Å². The number of fused-ring (bicyclic) bond motifs is 1. The third kappa shape index (κ3) is 6.90. The predicted octanol–water partition coefficient (Wildman–Crippen LogP) is 3.62. The zero-order valence-corrected chi connectivity index (χ0v) is 22.2. The molecule has 0 aliphatic carbocycles. The highest BCUT2D eigenvalue weighted by molar-refractivity contribution is 5.97. The quantitative estimate of drug-likeness (QED) is 0.580. The lowest BCUT2D eigenvalue weighted by Gasteiger charge is -2.46. The van der Waals surface area contributed by atoms with Gasteiger partial charge < -0.3 is 20.3 Å². The van der Waals surface area contributed by atoms with Crippen molar-refractivity contribution in [2.45, 2.75) is 76.7 Å². The van der Waals surface area contributed by atoms with Crippen LogP contribution in [0.5, 0.6) is 0 Å². The van der Waals surface area contributed by atoms with E-state index in [-0.39, 0.29) is 37.2 Å². The molecule has 2 fully saturated rings. The van der Waals surface area contributed by atoms with Crippen LogP contribution in [0, 0.1) is 0 Å². The second-order valence-corrected chi connectivity index (χ2v) is 10.9. The van der Waals surface area contributed by atoms with E-state index in [0.717, 1.165) is 11.1 Å². The number of alkyl carbamates (subject to hydrolysis) is 1. The van der Waals surface area contributed by atoms with Crippen LogP contribution in [0.25, 0.3) is 0 Å². The van der Waals surface area contributed by atoms with E-state index < -0.39 is 29.8 Å². The molecule has 202 valence electrons. The van der Waals surface area contributed by atoms with Crippen molar-refractivity contribution in [3.63, 3.8) is 0 Å². The second kappa shape index (κ2) is 11.7. The number of urea groups is 1. The normalized spacial score (nSPS) is 20.4. The highest BCUT2D eigenvalue weighted by Crippen LogP contribution is 2.28. The van der Waals surface area contributed by atoms with Gasteiger partial charge in [0.05, 0.1) is 12.6 Å². The Kier molecular flexibility index (Phi) is 8.34. The summed E-state index contributed by atoms with van der Waals surface area (Å²) in [5.74, 6) is -0.632. The Morgan fingerprint density at radius 3 is 2.26 bits per heavy atom. The van der Waals surface area contributed by atoms with Gasteiger partial charge in [-0.15, -0.1) is 0 Å². The number of nitrogens with zero attached hydrogens (tertiary/aromatic N) is 2. The highest BCUT2D eigenvalue weighted by atomic mass is 16.6. The lowest BCUT2D eigenvalue weighted by molar-refractivity contribution is -0.135. The first kappa shape index (κ1) is 27.2. The number of carbonyl (C=O) groups is 4. The van der Waals surface area contributed by atoms with E-state index in [0.29, 0.717) is 19.4 Å². The number of ether oxygens (including phenoxy) is 1. The molecule has 0 radical (unpaired) electrons. The summed E-state index contributed by atoms with van der Waals surface area (Å²) < 4.78 is 5.39. The number of imide groups is 1. The molecule has 4 rings (SSSR count). The fourth-order valence-electron chi connectivity index (χ4n) is 4.98. The standard InChI is InChI=1S/C29H36N4O5/c1-29(2,3)38-27(36)31-23(17-20-11-6-4-7-12-20)26(35)30-22-15-10-16-32-24(22)18-25(34)33(28(32)37)19-21-13-8-5-9-14-21/h4-9,11-14,22-24H,10,15-19H2,1-3H3,(H,30,35)(H,31,36)/t22-,23?,24-/m1/s1. The number of carbonyl (C=O) groups excluding carboxylic acids is 4. The van der Waals surface area contributed by atoms with Gasteiger partial charge in [-0.05, 0) is 44.7 Å². The molecule has 38 heavy (non-hydrogen) atoms. The van der Waals surface area contributed by atoms with E-state index in [1.54, 1.807) is 25.7 Å². The Labute approximate surface area is 223 Å². The van der Waals surface area contributed by atoms with Crippen molar-refractivity contribution in [3.05, 3.63) is 71.8 Å². The van der Waals surface area contributed by atoms with Gasteiger partial charge in [-0.25, -0.2) is 9.59 Å². The van der Waals surface area contributed by atoms with Crippen molar-refractivity contribution < 1.29 is 23.9 Å². The average molecular weight is 521 g/mol. The molecule has 0 saturated carbocycles. The summed E-state index contributed by atoms with van der Waals surface area (Å²) in [6, 6.07) is 16.8. The van der Waals surface area contributed by atoms with Crippen LogP contribution < -0.4 is 10.6 Å². The number of hydrogen-bond donors (Lipinski definition) is 2. The molecule has 2 aliphatic rings. The van der Waals surface area contributed by atoms with Crippen LogP contribution in [-0.2, 0) is 27.3 Å². The minimum absolute atomic E-state index is 0.131. The lowest BCUT2D eigenvalue weighted by atomic mass is 9.91. The van der Waals surface area contributed by atoms with E-state index in [1.807, 2.05) is 60.7 Å². The van der Waals surface area contributed by atoms with Crippen molar-refractivity contribution in [3.8, 4) is 0 Å². The molecule has 0 bridgehead atoms. The van der Waals surface area contributed by atoms with Crippen LogP contribution in [0.2, 0.25) is 0 Å². The van der Waals surface area contributed by atoms with E-state index >= 15 is 0 Å². The monoisotopic (exact) mass is 520 g/mol. The molecule has 2 aromatic rings. The molecular formula is C29H36N4O5. The van der Waals surface area contributed by atoms with Gasteiger partial charge >= 0.3 is 12.1 Å². The van der Waals surface area contributed by atoms with Crippen molar-refractivity contribution in [2.24, 2.45) is 0 Å². The molecule has 5 amide bonds. The van der Waals surface area contributed by atoms with Crippen molar-refractivity contribution >= 4 is 23.9 Å². The van der Waals surface area contributed by atoms with Gasteiger partial charge in [0, 0.05) is 25.4 Å². The number of nitrogens with one attached hydrogen (secondary N) is 2. The van der Waals surface area contributed by atoms with Gasteiger partial charge in [0.15, 0.2) is 0 Å². The number of amides is 5. The summed E-state index contributed by atoms with van der Waals surface area (Å²) in [7, 11) is 0. The number of hydrogen-bond acceptors (Lipinski definition) is 5. The van der Waals surface area contributed by atoms with E-state index in [1.165, 1.54) is 4.90 Å². The zero-order valence-electron chi connectivity index (χ0n) is 22.2. The van der Waals surface area contributed by atoms with Crippen LogP contribution in [-0.4, -0.2) is 64.0 Å². The Balaban J connectivity index is 1.46. The van der Waals surface area contributed by atoms with Crippen molar-refractivity contribution in [1.29, 1.82) is 0 Å². The van der Waals surface area contributed by atoms with Crippen LogP contribution >= 0.6 is 0 Å². The summed E-state index contributed by atoms with van der Waals surface area (Å²) in [6.07, 6.45) is 1.06. The van der Waals surface area contributed by atoms with Crippen LogP contribution in [0.4, 0.5) is 9.59 Å². The lowest BCUT2D eigenvalue weighted by Crippen LogP contribution is -2.66. The molecule has 2 saturated heterocycles. The third-order valence-electron chi connectivity index (χ3n) is 6.74. The summed E-state index contributed by atoms with van der Waals surface area (Å²) in [6.45, 7) is 6.02. The van der Waals surface area contributed by atoms with E-state index in [2.05, 4.69) is 10.6 Å². The third-order valence-corrected chi connectivity index (χ3v) is 6.74. The van der Waals surface area contributed by atoms with Crippen LogP contribution in [0.1, 0.15) is 51.2 Å². The fourth-order valence-corrected chi connectivity index (χ4v) is 4.98. The summed E-state index contributed by atoms with van der Waals surface area (Å²) in [4.78, 5) is 55.4. The van der Waals surface area contributed by atoms with E-state index in [4.69, 9.17) is 4.74 Å². The molecule has 9 nitrogen and oxygen atoms in total. The maximum Gasteiger partial charge on any atom is 0.408 e. The molecule has 2 heterocycles. The second-order valence-electron chi connectivity index (χ2n) is 10.9. The smallest absolute Gasteiger partial charge is 0.408 e. The Bertz CT molecular complexity index is 1150. The predicted molar refractivity (Wildman–Crippen MR) is 142 cm³/mol. The maximum atomic E-state index is 13.5. The first-order chi connectivity index (χ1) is 18.1. The molecule has 2 aliphatic heterocycles. The topological polar surface area (TPSA) is 108 Å².